The van der Waals surface area contributed by atoms with Crippen LogP contribution in [0.1, 0.15) is 33.6 Å². The van der Waals surface area contributed by atoms with Crippen LogP contribution in [0.4, 0.5) is 8.78 Å². The van der Waals surface area contributed by atoms with Gasteiger partial charge >= 0.3 is 0 Å². The van der Waals surface area contributed by atoms with E-state index in [9.17, 15) is 8.78 Å². The van der Waals surface area contributed by atoms with Crippen LogP contribution in [0, 0.1) is 11.3 Å². The minimum absolute atomic E-state index is 0.0527. The van der Waals surface area contributed by atoms with E-state index in [1.807, 2.05) is 20.8 Å². The highest BCUT2D eigenvalue weighted by atomic mass is 19.3. The van der Waals surface area contributed by atoms with E-state index in [1.165, 1.54) is 0 Å². The van der Waals surface area contributed by atoms with Crippen molar-refractivity contribution in [3.05, 3.63) is 0 Å². The molecule has 0 spiro atoms. The molecule has 72 valence electrons. The second kappa shape index (κ2) is 2.66. The highest BCUT2D eigenvalue weighted by Gasteiger charge is 2.55. The maximum absolute atomic E-state index is 13.1. The Morgan fingerprint density at radius 1 is 1.33 bits per heavy atom. The van der Waals surface area contributed by atoms with Crippen LogP contribution in [0.15, 0.2) is 0 Å². The van der Waals surface area contributed by atoms with Gasteiger partial charge in [0, 0.05) is 6.42 Å². The first-order valence-corrected chi connectivity index (χ1v) is 4.44. The molecule has 1 saturated carbocycles. The monoisotopic (exact) mass is 177 g/mol. The van der Waals surface area contributed by atoms with Crippen molar-refractivity contribution in [2.75, 3.05) is 0 Å². The van der Waals surface area contributed by atoms with Gasteiger partial charge in [-0.3, -0.25) is 0 Å². The number of alkyl halides is 2. The predicted molar refractivity (Wildman–Crippen MR) is 45.1 cm³/mol. The maximum Gasteiger partial charge on any atom is 0.263 e. The van der Waals surface area contributed by atoms with Crippen molar-refractivity contribution in [1.29, 1.82) is 0 Å². The lowest BCUT2D eigenvalue weighted by Crippen LogP contribution is -2.47. The van der Waals surface area contributed by atoms with Gasteiger partial charge < -0.3 is 5.73 Å². The zero-order chi connectivity index (χ0) is 9.57. The lowest BCUT2D eigenvalue weighted by molar-refractivity contribution is -0.0284. The van der Waals surface area contributed by atoms with Gasteiger partial charge in [-0.1, -0.05) is 20.8 Å². The Kier molecular flexibility index (Phi) is 2.19. The summed E-state index contributed by atoms with van der Waals surface area (Å²) in [4.78, 5) is 0. The molecule has 12 heavy (non-hydrogen) atoms. The zero-order valence-electron chi connectivity index (χ0n) is 7.90. The zero-order valence-corrected chi connectivity index (χ0v) is 7.90. The van der Waals surface area contributed by atoms with Gasteiger partial charge in [0.15, 0.2) is 0 Å². The number of hydrogen-bond acceptors (Lipinski definition) is 1. The van der Waals surface area contributed by atoms with E-state index in [1.54, 1.807) is 0 Å². The molecule has 0 aromatic rings. The summed E-state index contributed by atoms with van der Waals surface area (Å²) >= 11 is 0. The summed E-state index contributed by atoms with van der Waals surface area (Å²) in [5.74, 6) is -2.43. The summed E-state index contributed by atoms with van der Waals surface area (Å²) in [6.07, 6.45) is 0.488. The first kappa shape index (κ1) is 9.90. The van der Waals surface area contributed by atoms with Crippen LogP contribution in [0.25, 0.3) is 0 Å². The molecule has 2 atom stereocenters. The summed E-state index contributed by atoms with van der Waals surface area (Å²) in [5.41, 5.74) is 5.16. The van der Waals surface area contributed by atoms with Gasteiger partial charge in [0.05, 0.1) is 6.04 Å². The Morgan fingerprint density at radius 2 is 1.83 bits per heavy atom. The van der Waals surface area contributed by atoms with E-state index in [2.05, 4.69) is 0 Å². The molecule has 3 heteroatoms. The molecular weight excluding hydrogens is 160 g/mol. The van der Waals surface area contributed by atoms with Crippen molar-refractivity contribution >= 4 is 0 Å². The van der Waals surface area contributed by atoms with Gasteiger partial charge in [0.25, 0.3) is 5.92 Å². The van der Waals surface area contributed by atoms with Crippen molar-refractivity contribution in [1.82, 2.24) is 0 Å². The van der Waals surface area contributed by atoms with Crippen LogP contribution in [-0.4, -0.2) is 12.0 Å². The second-order valence-electron chi connectivity index (χ2n) is 4.40. The SMILES string of the molecule is CC(C)C1(C)CCC(F)(F)[C@H]1N. The van der Waals surface area contributed by atoms with E-state index in [-0.39, 0.29) is 17.8 Å². The quantitative estimate of drug-likeness (QED) is 0.654. The van der Waals surface area contributed by atoms with Crippen molar-refractivity contribution in [3.63, 3.8) is 0 Å². The molecule has 1 aliphatic carbocycles. The van der Waals surface area contributed by atoms with Gasteiger partial charge in [0.2, 0.25) is 0 Å². The fourth-order valence-electron chi connectivity index (χ4n) is 1.88. The molecule has 0 aromatic carbocycles. The Labute approximate surface area is 72.3 Å². The Balaban J connectivity index is 2.85. The largest absolute Gasteiger partial charge is 0.322 e. The van der Waals surface area contributed by atoms with Crippen molar-refractivity contribution in [2.24, 2.45) is 17.1 Å². The third kappa shape index (κ3) is 1.24. The molecule has 1 fully saturated rings. The molecular formula is C9H17F2N. The standard InChI is InChI=1S/C9H17F2N/c1-6(2)8(3)4-5-9(10,11)7(8)12/h6-7H,4-5,12H2,1-3H3/t7-,8?/m0/s1. The third-order valence-corrected chi connectivity index (χ3v) is 3.48. The topological polar surface area (TPSA) is 26.0 Å². The third-order valence-electron chi connectivity index (χ3n) is 3.48. The highest BCUT2D eigenvalue weighted by Crippen LogP contribution is 2.50. The average molecular weight is 177 g/mol. The Bertz CT molecular complexity index is 179. The van der Waals surface area contributed by atoms with E-state index in [4.69, 9.17) is 5.73 Å². The smallest absolute Gasteiger partial charge is 0.263 e. The fourth-order valence-corrected chi connectivity index (χ4v) is 1.88. The van der Waals surface area contributed by atoms with Crippen LogP contribution >= 0.6 is 0 Å². The van der Waals surface area contributed by atoms with Crippen LogP contribution in [0.5, 0.6) is 0 Å². The first-order chi connectivity index (χ1) is 5.31. The first-order valence-electron chi connectivity index (χ1n) is 4.44. The summed E-state index contributed by atoms with van der Waals surface area (Å²) in [5, 5.41) is 0. The normalized spacial score (nSPS) is 40.8. The molecule has 2 N–H and O–H groups in total. The molecule has 0 saturated heterocycles. The summed E-state index contributed by atoms with van der Waals surface area (Å²) in [6.45, 7) is 5.78. The van der Waals surface area contributed by atoms with Gasteiger partial charge in [-0.15, -0.1) is 0 Å². The van der Waals surface area contributed by atoms with Crippen molar-refractivity contribution < 1.29 is 8.78 Å². The average Bonchev–Trinajstić information content (AvgIpc) is 2.15. The van der Waals surface area contributed by atoms with Crippen LogP contribution in [0.2, 0.25) is 0 Å². The molecule has 0 amide bonds. The summed E-state index contributed by atoms with van der Waals surface area (Å²) < 4.78 is 26.1. The van der Waals surface area contributed by atoms with Crippen molar-refractivity contribution in [2.45, 2.75) is 45.6 Å². The molecule has 1 aliphatic rings. The molecule has 1 rings (SSSR count). The number of nitrogens with two attached hydrogens (primary N) is 1. The second-order valence-corrected chi connectivity index (χ2v) is 4.40. The molecule has 0 aromatic heterocycles. The summed E-state index contributed by atoms with van der Waals surface area (Å²) in [6, 6.07) is -0.968. The van der Waals surface area contributed by atoms with Crippen LogP contribution < -0.4 is 5.73 Å². The predicted octanol–water partition coefficient (Wildman–Crippen LogP) is 2.41. The molecule has 1 unspecified atom stereocenters. The molecule has 0 heterocycles. The van der Waals surface area contributed by atoms with Gasteiger partial charge in [0.1, 0.15) is 0 Å². The maximum atomic E-state index is 13.1. The van der Waals surface area contributed by atoms with Gasteiger partial charge in [-0.05, 0) is 17.8 Å². The van der Waals surface area contributed by atoms with Crippen LogP contribution in [-0.2, 0) is 0 Å². The van der Waals surface area contributed by atoms with Crippen LogP contribution in [0.3, 0.4) is 0 Å². The fraction of sp³-hybridized carbons (Fsp3) is 1.00. The molecule has 0 bridgehead atoms. The number of hydrogen-bond donors (Lipinski definition) is 1. The van der Waals surface area contributed by atoms with E-state index in [0.29, 0.717) is 6.42 Å². The summed E-state index contributed by atoms with van der Waals surface area (Å²) in [7, 11) is 0. The molecule has 0 radical (unpaired) electrons. The minimum atomic E-state index is -2.65. The molecule has 0 aliphatic heterocycles. The number of halogens is 2. The Hall–Kier alpha value is -0.180. The van der Waals surface area contributed by atoms with Crippen molar-refractivity contribution in [3.8, 4) is 0 Å². The molecule has 1 nitrogen and oxygen atoms in total. The Morgan fingerprint density at radius 3 is 2.00 bits per heavy atom. The van der Waals surface area contributed by atoms with E-state index < -0.39 is 12.0 Å². The lowest BCUT2D eigenvalue weighted by atomic mass is 9.75. The minimum Gasteiger partial charge on any atom is -0.322 e. The highest BCUT2D eigenvalue weighted by molar-refractivity contribution is 5.02. The number of rotatable bonds is 1. The van der Waals surface area contributed by atoms with Gasteiger partial charge in [-0.2, -0.15) is 0 Å². The lowest BCUT2D eigenvalue weighted by Gasteiger charge is -2.34. The van der Waals surface area contributed by atoms with E-state index >= 15 is 0 Å². The van der Waals surface area contributed by atoms with E-state index in [0.717, 1.165) is 0 Å². The van der Waals surface area contributed by atoms with Gasteiger partial charge in [-0.25, -0.2) is 8.78 Å².